The summed E-state index contributed by atoms with van der Waals surface area (Å²) in [5, 5.41) is 30.5. The van der Waals surface area contributed by atoms with Gasteiger partial charge in [-0.2, -0.15) is 0 Å². The molecule has 0 aliphatic heterocycles. The molecule has 22 heavy (non-hydrogen) atoms. The van der Waals surface area contributed by atoms with Gasteiger partial charge in [0.25, 0.3) is 5.91 Å². The third-order valence-electron chi connectivity index (χ3n) is 4.06. The molecule has 1 aliphatic rings. The van der Waals surface area contributed by atoms with E-state index in [0.717, 1.165) is 6.42 Å². The first-order valence-electron chi connectivity index (χ1n) is 6.97. The summed E-state index contributed by atoms with van der Waals surface area (Å²) < 4.78 is 0. The Kier molecular flexibility index (Phi) is 4.35. The van der Waals surface area contributed by atoms with Crippen molar-refractivity contribution >= 4 is 18.6 Å². The minimum atomic E-state index is -1.17. The predicted molar refractivity (Wildman–Crippen MR) is 77.7 cm³/mol. The third kappa shape index (κ3) is 3.03. The van der Waals surface area contributed by atoms with Gasteiger partial charge < -0.3 is 20.6 Å². The Morgan fingerprint density at radius 3 is 2.45 bits per heavy atom. The van der Waals surface area contributed by atoms with Crippen molar-refractivity contribution in [2.45, 2.75) is 37.3 Å². The fraction of sp³-hybridized carbons (Fsp3) is 0.400. The van der Waals surface area contributed by atoms with Crippen molar-refractivity contribution in [3.63, 3.8) is 0 Å². The number of hydrogen-bond donors (Lipinski definition) is 5. The zero-order valence-electron chi connectivity index (χ0n) is 12.0. The summed E-state index contributed by atoms with van der Waals surface area (Å²) in [4.78, 5) is 26.3. The van der Waals surface area contributed by atoms with Gasteiger partial charge in [-0.15, -0.1) is 0 Å². The van der Waals surface area contributed by atoms with E-state index in [4.69, 9.17) is 0 Å². The van der Waals surface area contributed by atoms with E-state index in [1.807, 2.05) is 0 Å². The van der Waals surface area contributed by atoms with Crippen LogP contribution in [0.5, 0.6) is 11.5 Å². The van der Waals surface area contributed by atoms with Crippen LogP contribution in [0.25, 0.3) is 0 Å². The van der Waals surface area contributed by atoms with E-state index in [9.17, 15) is 24.9 Å². The van der Waals surface area contributed by atoms with E-state index in [-0.39, 0.29) is 23.8 Å². The van der Waals surface area contributed by atoms with Gasteiger partial charge in [0.1, 0.15) is 12.8 Å². The van der Waals surface area contributed by atoms with Crippen LogP contribution >= 0.6 is 0 Å². The molecule has 7 heteroatoms. The molecule has 1 amide bonds. The van der Waals surface area contributed by atoms with Crippen LogP contribution in [0.15, 0.2) is 18.2 Å². The molecule has 0 saturated heterocycles. The highest BCUT2D eigenvalue weighted by atomic mass is 16.4. The van der Waals surface area contributed by atoms with Crippen molar-refractivity contribution < 1.29 is 29.9 Å². The van der Waals surface area contributed by atoms with Gasteiger partial charge >= 0.3 is 5.97 Å². The van der Waals surface area contributed by atoms with Crippen LogP contribution in [0.2, 0.25) is 0 Å². The lowest BCUT2D eigenvalue weighted by molar-refractivity contribution is -0.544. The molecular formula is C15H19N2O5+. The fourth-order valence-electron chi connectivity index (χ4n) is 2.44. The molecular weight excluding hydrogens is 288 g/mol. The number of aromatic hydroxyl groups is 2. The van der Waals surface area contributed by atoms with Gasteiger partial charge in [-0.3, -0.25) is 4.79 Å². The summed E-state index contributed by atoms with van der Waals surface area (Å²) in [6.07, 6.45) is 2.13. The number of carbonyl (C=O) groups excluding carboxylic acids is 1. The summed E-state index contributed by atoms with van der Waals surface area (Å²) >= 11 is 0. The van der Waals surface area contributed by atoms with E-state index in [2.05, 4.69) is 17.0 Å². The number of rotatable bonds is 6. The van der Waals surface area contributed by atoms with E-state index in [1.165, 1.54) is 18.2 Å². The van der Waals surface area contributed by atoms with Gasteiger partial charge in [0, 0.05) is 19.3 Å². The largest absolute Gasteiger partial charge is 0.504 e. The molecule has 1 saturated carbocycles. The molecule has 1 fully saturated rings. The summed E-state index contributed by atoms with van der Waals surface area (Å²) in [6.45, 7) is 3.54. The lowest BCUT2D eigenvalue weighted by Crippen LogP contribution is -2.90. The van der Waals surface area contributed by atoms with Gasteiger partial charge in [0.2, 0.25) is 5.54 Å². The zero-order chi connectivity index (χ0) is 16.3. The number of benzene rings is 1. The Balaban J connectivity index is 2.10. The van der Waals surface area contributed by atoms with Crippen LogP contribution in [0.4, 0.5) is 0 Å². The standard InChI is InChI=1S/C15H18N2O5/c1-16-15(5-2-6-15)14(22)17-10(13(20)21)7-9-3-4-11(18)12(19)8-9/h3-4,8,10,18-19H,1-2,5-7H2,(H,17,22)(H,20,21)/p+1/t10-/m0/s1. The molecule has 118 valence electrons. The van der Waals surface area contributed by atoms with Gasteiger partial charge in [-0.25, -0.2) is 9.79 Å². The Hall–Kier alpha value is -2.57. The molecule has 0 bridgehead atoms. The molecule has 7 nitrogen and oxygen atoms in total. The van der Waals surface area contributed by atoms with E-state index >= 15 is 0 Å². The normalized spacial score (nSPS) is 17.1. The number of carboxylic acids is 1. The number of carboxylic acid groups (broad SMARTS) is 1. The second-order valence-electron chi connectivity index (χ2n) is 5.50. The van der Waals surface area contributed by atoms with Crippen LogP contribution in [0.3, 0.4) is 0 Å². The third-order valence-corrected chi connectivity index (χ3v) is 4.06. The average Bonchev–Trinajstić information content (AvgIpc) is 2.41. The first kappa shape index (κ1) is 15.8. The number of phenolic OH excluding ortho intramolecular Hbond substituents is 2. The second-order valence-corrected chi connectivity index (χ2v) is 5.50. The van der Waals surface area contributed by atoms with Gasteiger partial charge in [-0.1, -0.05) is 6.07 Å². The van der Waals surface area contributed by atoms with E-state index < -0.39 is 17.6 Å². The number of aliphatic carboxylic acids is 1. The van der Waals surface area contributed by atoms with Crippen LogP contribution < -0.4 is 10.3 Å². The first-order chi connectivity index (χ1) is 10.4. The van der Waals surface area contributed by atoms with Crippen LogP contribution in [-0.2, 0) is 16.0 Å². The van der Waals surface area contributed by atoms with Crippen molar-refractivity contribution in [3.8, 4) is 11.5 Å². The summed E-state index contributed by atoms with van der Waals surface area (Å²) in [7, 11) is 0. The number of hydrogen-bond acceptors (Lipinski definition) is 4. The summed E-state index contributed by atoms with van der Waals surface area (Å²) in [5.41, 5.74) is -0.293. The lowest BCUT2D eigenvalue weighted by atomic mass is 9.76. The summed E-state index contributed by atoms with van der Waals surface area (Å²) in [6, 6.07) is 2.92. The second kappa shape index (κ2) is 6.05. The van der Waals surface area contributed by atoms with Crippen LogP contribution in [0.1, 0.15) is 24.8 Å². The van der Waals surface area contributed by atoms with Gasteiger partial charge in [-0.05, 0) is 24.1 Å². The molecule has 2 rings (SSSR count). The minimum absolute atomic E-state index is 0.00212. The molecule has 1 aliphatic carbocycles. The Morgan fingerprint density at radius 1 is 1.32 bits per heavy atom. The zero-order valence-corrected chi connectivity index (χ0v) is 12.0. The van der Waals surface area contributed by atoms with Crippen LogP contribution in [0, 0.1) is 0 Å². The Labute approximate surface area is 127 Å². The van der Waals surface area contributed by atoms with E-state index in [1.54, 1.807) is 0 Å². The maximum Gasteiger partial charge on any atom is 0.326 e. The Morgan fingerprint density at radius 2 is 2.00 bits per heavy atom. The van der Waals surface area contributed by atoms with Crippen LogP contribution in [-0.4, -0.2) is 45.5 Å². The van der Waals surface area contributed by atoms with Crippen molar-refractivity contribution in [3.05, 3.63) is 23.8 Å². The molecule has 0 aromatic heterocycles. The molecule has 0 spiro atoms. The monoisotopic (exact) mass is 307 g/mol. The van der Waals surface area contributed by atoms with Gasteiger partial charge in [0.05, 0.1) is 0 Å². The van der Waals surface area contributed by atoms with Crippen molar-refractivity contribution in [1.29, 1.82) is 0 Å². The average molecular weight is 307 g/mol. The highest BCUT2D eigenvalue weighted by Crippen LogP contribution is 2.28. The quantitative estimate of drug-likeness (QED) is 0.338. The topological polar surface area (TPSA) is 121 Å². The van der Waals surface area contributed by atoms with Crippen molar-refractivity contribution in [1.82, 2.24) is 5.32 Å². The SMILES string of the molecule is C=[NH+]C1(C(=O)N[C@@H](Cc2ccc(O)c(O)c2)C(=O)O)CCC1. The number of amides is 1. The van der Waals surface area contributed by atoms with Crippen molar-refractivity contribution in [2.75, 3.05) is 0 Å². The Bertz CT molecular complexity index is 610. The summed E-state index contributed by atoms with van der Waals surface area (Å²) in [5.74, 6) is -2.17. The highest BCUT2D eigenvalue weighted by Gasteiger charge is 2.49. The van der Waals surface area contributed by atoms with Gasteiger partial charge in [0.15, 0.2) is 11.5 Å². The predicted octanol–water partition coefficient (Wildman–Crippen LogP) is -1.09. The molecule has 1 aromatic rings. The highest BCUT2D eigenvalue weighted by molar-refractivity contribution is 5.89. The number of carbonyl (C=O) groups is 2. The molecule has 1 aromatic carbocycles. The lowest BCUT2D eigenvalue weighted by Gasteiger charge is -2.31. The maximum absolute atomic E-state index is 12.2. The minimum Gasteiger partial charge on any atom is -0.504 e. The fourth-order valence-corrected chi connectivity index (χ4v) is 2.44. The van der Waals surface area contributed by atoms with E-state index in [0.29, 0.717) is 18.4 Å². The number of nitrogens with one attached hydrogen (secondary N) is 2. The number of phenols is 2. The smallest absolute Gasteiger partial charge is 0.326 e. The van der Waals surface area contributed by atoms with Crippen molar-refractivity contribution in [2.24, 2.45) is 0 Å². The molecule has 1 atom stereocenters. The maximum atomic E-state index is 12.2. The molecule has 0 heterocycles. The molecule has 5 N–H and O–H groups in total. The first-order valence-corrected chi connectivity index (χ1v) is 6.97. The molecule has 0 radical (unpaired) electrons. The molecule has 0 unspecified atom stereocenters.